The van der Waals surface area contributed by atoms with Crippen LogP contribution < -0.4 is 0 Å². The summed E-state index contributed by atoms with van der Waals surface area (Å²) in [5.41, 5.74) is 0.762. The third-order valence-electron chi connectivity index (χ3n) is 15.6. The molecular formula is C39H62O13. The molecule has 0 radical (unpaired) electrons. The lowest BCUT2D eigenvalue weighted by Gasteiger charge is -2.60. The highest BCUT2D eigenvalue weighted by atomic mass is 16.8. The van der Waals surface area contributed by atoms with E-state index in [2.05, 4.69) is 33.8 Å². The summed E-state index contributed by atoms with van der Waals surface area (Å²) in [5.74, 6) is 1.86. The van der Waals surface area contributed by atoms with E-state index >= 15 is 0 Å². The van der Waals surface area contributed by atoms with E-state index in [1.807, 2.05) is 0 Å². The van der Waals surface area contributed by atoms with Gasteiger partial charge in [-0.2, -0.15) is 0 Å². The molecule has 7 fully saturated rings. The Morgan fingerprint density at radius 2 is 1.60 bits per heavy atom. The van der Waals surface area contributed by atoms with E-state index < -0.39 is 91.4 Å². The molecule has 3 saturated carbocycles. The predicted molar refractivity (Wildman–Crippen MR) is 183 cm³/mol. The second kappa shape index (κ2) is 13.7. The van der Waals surface area contributed by atoms with Crippen LogP contribution in [0.2, 0.25) is 0 Å². The highest BCUT2D eigenvalue weighted by molar-refractivity contribution is 5.29. The van der Waals surface area contributed by atoms with Gasteiger partial charge in [-0.15, -0.1) is 0 Å². The van der Waals surface area contributed by atoms with Crippen molar-refractivity contribution >= 4 is 0 Å². The van der Waals surface area contributed by atoms with Gasteiger partial charge < -0.3 is 64.2 Å². The minimum Gasteiger partial charge on any atom is -0.394 e. The molecule has 22 atom stereocenters. The molecule has 296 valence electrons. The van der Waals surface area contributed by atoms with Gasteiger partial charge in [-0.3, -0.25) is 0 Å². The van der Waals surface area contributed by atoms with Crippen LogP contribution in [0.3, 0.4) is 0 Å². The molecule has 13 heteroatoms. The quantitative estimate of drug-likeness (QED) is 0.200. The number of hydrogen-bond acceptors (Lipinski definition) is 13. The first kappa shape index (κ1) is 38.1. The maximum Gasteiger partial charge on any atom is 0.187 e. The molecule has 4 saturated heterocycles. The molecular weight excluding hydrogens is 676 g/mol. The van der Waals surface area contributed by atoms with Crippen molar-refractivity contribution in [2.45, 2.75) is 171 Å². The molecule has 4 aliphatic carbocycles. The molecule has 0 aromatic rings. The van der Waals surface area contributed by atoms with Crippen molar-refractivity contribution in [2.24, 2.45) is 46.3 Å². The number of aliphatic hydroxyl groups is 7. The van der Waals surface area contributed by atoms with Gasteiger partial charge in [0.2, 0.25) is 0 Å². The minimum absolute atomic E-state index is 0.101. The van der Waals surface area contributed by atoms with Crippen molar-refractivity contribution in [2.75, 3.05) is 13.2 Å². The van der Waals surface area contributed by atoms with Crippen molar-refractivity contribution in [3.8, 4) is 0 Å². The van der Waals surface area contributed by atoms with Crippen LogP contribution in [-0.4, -0.2) is 134 Å². The van der Waals surface area contributed by atoms with Crippen LogP contribution in [0.25, 0.3) is 0 Å². The van der Waals surface area contributed by atoms with Crippen LogP contribution in [0.4, 0.5) is 0 Å². The Hall–Kier alpha value is -0.780. The SMILES string of the molecule is C[C@@H]1CC[C@@]2(OC1)O[C@H]1C[C@H]3[C@H]4CC=C5C[C@@H](O)C[C@@H](O[C@@H]6O[C@H](CO)[C@H](O)[C@H](O)[C@H]6O[C@@H]6O[C@@H](C)[C@H](O)[C@@H](O)[C@H]6O)[C@]5(C)[C@@H]4CC[C@]3(C)[C@H]1[C@@H]2C. The number of allylic oxidation sites excluding steroid dienone is 1. The molecule has 0 aromatic heterocycles. The largest absolute Gasteiger partial charge is 0.394 e. The van der Waals surface area contributed by atoms with Gasteiger partial charge >= 0.3 is 0 Å². The first-order valence-corrected chi connectivity index (χ1v) is 19.9. The van der Waals surface area contributed by atoms with Crippen molar-refractivity contribution in [3.05, 3.63) is 11.6 Å². The molecule has 8 rings (SSSR count). The zero-order chi connectivity index (χ0) is 37.1. The van der Waals surface area contributed by atoms with E-state index in [0.717, 1.165) is 50.7 Å². The molecule has 1 spiro atoms. The lowest BCUT2D eigenvalue weighted by molar-refractivity contribution is -0.374. The Kier molecular flexibility index (Phi) is 10.0. The first-order valence-electron chi connectivity index (χ1n) is 19.9. The molecule has 0 bridgehead atoms. The number of rotatable bonds is 5. The minimum atomic E-state index is -1.66. The molecule has 0 aromatic carbocycles. The van der Waals surface area contributed by atoms with Crippen molar-refractivity contribution in [3.63, 3.8) is 0 Å². The van der Waals surface area contributed by atoms with Crippen LogP contribution in [0, 0.1) is 46.3 Å². The lowest BCUT2D eigenvalue weighted by Crippen LogP contribution is -2.65. The standard InChI is InChI=1S/C39H62O13/c1-17-8-11-39(47-16-17)18(2)28-25(52-39)14-24-22-7-6-20-12-21(41)13-27(38(20,5)23(22)9-10-37(24,28)4)50-36-34(32(45)30(43)26(15-40)49-36)51-35-33(46)31(44)29(42)19(3)48-35/h6,17-19,21-36,40-46H,7-16H2,1-5H3/t17-,18+,19+,21-,22+,23-,24+,25+,26-,27-,28+,29+,30+,31-,32+,33-,34-,35+,36+,37+,38+,39-/m1/s1. The van der Waals surface area contributed by atoms with Gasteiger partial charge in [0.05, 0.1) is 37.6 Å². The number of hydrogen-bond donors (Lipinski definition) is 7. The van der Waals surface area contributed by atoms with Gasteiger partial charge in [0.15, 0.2) is 18.4 Å². The van der Waals surface area contributed by atoms with E-state index in [9.17, 15) is 35.7 Å². The normalized spacial score (nSPS) is 58.9. The molecule has 52 heavy (non-hydrogen) atoms. The summed E-state index contributed by atoms with van der Waals surface area (Å²) >= 11 is 0. The molecule has 4 aliphatic heterocycles. The fraction of sp³-hybridized carbons (Fsp3) is 0.949. The molecule has 0 unspecified atom stereocenters. The summed E-state index contributed by atoms with van der Waals surface area (Å²) in [7, 11) is 0. The Morgan fingerprint density at radius 3 is 2.31 bits per heavy atom. The number of fused-ring (bicyclic) bond motifs is 7. The van der Waals surface area contributed by atoms with Crippen LogP contribution >= 0.6 is 0 Å². The number of aliphatic hydroxyl groups excluding tert-OH is 7. The van der Waals surface area contributed by atoms with Crippen LogP contribution in [-0.2, 0) is 28.4 Å². The van der Waals surface area contributed by atoms with Gasteiger partial charge in [0.25, 0.3) is 0 Å². The van der Waals surface area contributed by atoms with Crippen molar-refractivity contribution in [1.29, 1.82) is 0 Å². The summed E-state index contributed by atoms with van der Waals surface area (Å²) in [6.45, 7) is 11.0. The van der Waals surface area contributed by atoms with Crippen molar-refractivity contribution < 1.29 is 64.2 Å². The fourth-order valence-corrected chi connectivity index (χ4v) is 12.6. The van der Waals surface area contributed by atoms with Crippen molar-refractivity contribution in [1.82, 2.24) is 0 Å². The van der Waals surface area contributed by atoms with Crippen LogP contribution in [0.15, 0.2) is 11.6 Å². The Bertz CT molecular complexity index is 1340. The van der Waals surface area contributed by atoms with Crippen LogP contribution in [0.5, 0.6) is 0 Å². The third-order valence-corrected chi connectivity index (χ3v) is 15.6. The summed E-state index contributed by atoms with van der Waals surface area (Å²) in [5, 5.41) is 74.9. The predicted octanol–water partition coefficient (Wildman–Crippen LogP) is 1.36. The second-order valence-electron chi connectivity index (χ2n) is 18.3. The van der Waals surface area contributed by atoms with E-state index in [-0.39, 0.29) is 17.4 Å². The first-order chi connectivity index (χ1) is 24.6. The topological polar surface area (TPSA) is 197 Å². The molecule has 8 aliphatic rings. The number of ether oxygens (including phenoxy) is 6. The summed E-state index contributed by atoms with van der Waals surface area (Å²) in [6, 6.07) is 0. The molecule has 4 heterocycles. The highest BCUT2D eigenvalue weighted by Gasteiger charge is 2.69. The van der Waals surface area contributed by atoms with E-state index in [4.69, 9.17) is 28.4 Å². The zero-order valence-corrected chi connectivity index (χ0v) is 31.2. The molecule has 13 nitrogen and oxygen atoms in total. The molecule has 7 N–H and O–H groups in total. The summed E-state index contributed by atoms with van der Waals surface area (Å²) < 4.78 is 38.2. The average Bonchev–Trinajstić information content (AvgIpc) is 3.56. The summed E-state index contributed by atoms with van der Waals surface area (Å²) in [6.07, 6.45) is -5.95. The smallest absolute Gasteiger partial charge is 0.187 e. The Morgan fingerprint density at radius 1 is 0.827 bits per heavy atom. The Labute approximate surface area is 306 Å². The molecule has 0 amide bonds. The third kappa shape index (κ3) is 5.74. The van der Waals surface area contributed by atoms with Gasteiger partial charge in [-0.25, -0.2) is 0 Å². The van der Waals surface area contributed by atoms with Gasteiger partial charge in [-0.1, -0.05) is 39.3 Å². The monoisotopic (exact) mass is 738 g/mol. The van der Waals surface area contributed by atoms with Gasteiger partial charge in [-0.05, 0) is 80.5 Å². The van der Waals surface area contributed by atoms with E-state index in [0.29, 0.717) is 42.4 Å². The lowest BCUT2D eigenvalue weighted by atomic mass is 9.46. The van der Waals surface area contributed by atoms with Gasteiger partial charge in [0, 0.05) is 24.2 Å². The maximum absolute atomic E-state index is 11.3. The van der Waals surface area contributed by atoms with E-state index in [1.165, 1.54) is 6.92 Å². The zero-order valence-electron chi connectivity index (χ0n) is 31.2. The highest BCUT2D eigenvalue weighted by Crippen LogP contribution is 2.71. The fourth-order valence-electron chi connectivity index (χ4n) is 12.6. The second-order valence-corrected chi connectivity index (χ2v) is 18.3. The van der Waals surface area contributed by atoms with Gasteiger partial charge in [0.1, 0.15) is 42.7 Å². The maximum atomic E-state index is 11.3. The van der Waals surface area contributed by atoms with E-state index in [1.54, 1.807) is 0 Å². The Balaban J connectivity index is 1.06. The average molecular weight is 739 g/mol. The summed E-state index contributed by atoms with van der Waals surface area (Å²) in [4.78, 5) is 0. The van der Waals surface area contributed by atoms with Crippen LogP contribution in [0.1, 0.15) is 86.0 Å².